The van der Waals surface area contributed by atoms with Crippen molar-refractivity contribution in [2.24, 2.45) is 0 Å². The third-order valence-corrected chi connectivity index (χ3v) is 2.14. The van der Waals surface area contributed by atoms with Gasteiger partial charge in [0.2, 0.25) is 0 Å². The van der Waals surface area contributed by atoms with E-state index in [-0.39, 0.29) is 6.42 Å². The minimum atomic E-state index is -0.788. The molecule has 3 N–H and O–H groups in total. The van der Waals surface area contributed by atoms with Gasteiger partial charge < -0.3 is 15.7 Å². The Morgan fingerprint density at radius 1 is 1.44 bits per heavy atom. The van der Waals surface area contributed by atoms with Crippen LogP contribution in [0.4, 0.5) is 11.6 Å². The summed E-state index contributed by atoms with van der Waals surface area (Å²) < 4.78 is 0. The molecule has 98 valence electrons. The van der Waals surface area contributed by atoms with E-state index in [9.17, 15) is 4.79 Å². The number of nitrogens with zero attached hydrogens (tertiary/aromatic N) is 2. The number of rotatable bonds is 8. The molecular weight excluding hydrogens is 232 g/mol. The Labute approximate surface area is 106 Å². The van der Waals surface area contributed by atoms with E-state index in [0.29, 0.717) is 31.2 Å². The van der Waals surface area contributed by atoms with Crippen LogP contribution < -0.4 is 10.6 Å². The Hall–Kier alpha value is -2.11. The molecule has 0 spiro atoms. The number of carbonyl (C=O) groups is 1. The number of aliphatic carboxylic acids is 1. The average Bonchev–Trinajstić information content (AvgIpc) is 2.31. The molecule has 0 saturated heterocycles. The number of carboxylic acids is 1. The van der Waals surface area contributed by atoms with Gasteiger partial charge in [-0.05, 0) is 13.3 Å². The molecular formula is C12H18N4O2. The average molecular weight is 250 g/mol. The molecule has 6 nitrogen and oxygen atoms in total. The lowest BCUT2D eigenvalue weighted by molar-refractivity contribution is -0.137. The quantitative estimate of drug-likeness (QED) is 0.480. The van der Waals surface area contributed by atoms with E-state index in [2.05, 4.69) is 27.2 Å². The zero-order valence-electron chi connectivity index (χ0n) is 10.4. The molecule has 0 saturated carbocycles. The summed E-state index contributed by atoms with van der Waals surface area (Å²) in [5.41, 5.74) is 0. The lowest BCUT2D eigenvalue weighted by Crippen LogP contribution is -2.09. The Bertz CT molecular complexity index is 421. The highest BCUT2D eigenvalue weighted by atomic mass is 16.4. The smallest absolute Gasteiger partial charge is 0.303 e. The minimum absolute atomic E-state index is 0.151. The van der Waals surface area contributed by atoms with Crippen molar-refractivity contribution in [2.45, 2.75) is 19.8 Å². The van der Waals surface area contributed by atoms with Crippen molar-refractivity contribution in [3.05, 3.63) is 24.5 Å². The lowest BCUT2D eigenvalue weighted by Gasteiger charge is -2.08. The summed E-state index contributed by atoms with van der Waals surface area (Å²) in [4.78, 5) is 18.8. The molecule has 0 bridgehead atoms. The molecule has 1 aromatic heterocycles. The fourth-order valence-corrected chi connectivity index (χ4v) is 1.38. The third kappa shape index (κ3) is 5.29. The van der Waals surface area contributed by atoms with E-state index in [0.717, 1.165) is 5.82 Å². The lowest BCUT2D eigenvalue weighted by atomic mass is 10.3. The van der Waals surface area contributed by atoms with Crippen molar-refractivity contribution in [3.8, 4) is 0 Å². The fraction of sp³-hybridized carbons (Fsp3) is 0.417. The molecule has 1 aromatic rings. The molecule has 18 heavy (non-hydrogen) atoms. The summed E-state index contributed by atoms with van der Waals surface area (Å²) in [5.74, 6) is 1.29. The predicted octanol–water partition coefficient (Wildman–Crippen LogP) is 1.66. The summed E-state index contributed by atoms with van der Waals surface area (Å²) in [6, 6.07) is 1.79. The molecule has 0 aromatic carbocycles. The van der Waals surface area contributed by atoms with Crippen LogP contribution in [0.15, 0.2) is 18.7 Å². The Morgan fingerprint density at radius 2 is 2.11 bits per heavy atom. The number of aromatic nitrogens is 2. The summed E-state index contributed by atoms with van der Waals surface area (Å²) in [5, 5.41) is 14.7. The number of aryl methyl sites for hydroxylation is 1. The number of nitrogens with one attached hydrogen (secondary N) is 2. The van der Waals surface area contributed by atoms with Crippen LogP contribution in [0.1, 0.15) is 18.7 Å². The Balaban J connectivity index is 2.51. The number of hydrogen-bond acceptors (Lipinski definition) is 5. The molecule has 0 unspecified atom stereocenters. The first-order valence-electron chi connectivity index (χ1n) is 5.78. The van der Waals surface area contributed by atoms with Crippen LogP contribution in [0.3, 0.4) is 0 Å². The van der Waals surface area contributed by atoms with Crippen molar-refractivity contribution in [3.63, 3.8) is 0 Å². The van der Waals surface area contributed by atoms with Crippen molar-refractivity contribution in [1.82, 2.24) is 9.97 Å². The van der Waals surface area contributed by atoms with E-state index in [4.69, 9.17) is 5.11 Å². The summed E-state index contributed by atoms with van der Waals surface area (Å²) in [6.45, 7) is 6.63. The first-order valence-corrected chi connectivity index (χ1v) is 5.78. The standard InChI is InChI=1S/C12H18N4O2/c1-3-6-13-10-8-11(16-9(2)15-10)14-7-4-5-12(17)18/h3,8H,1,4-7H2,2H3,(H,17,18)(H2,13,14,15,16). The molecule has 0 aliphatic heterocycles. The van der Waals surface area contributed by atoms with Gasteiger partial charge in [0.05, 0.1) is 0 Å². The topological polar surface area (TPSA) is 87.1 Å². The number of anilines is 2. The SMILES string of the molecule is C=CCNc1cc(NCCCC(=O)O)nc(C)n1. The highest BCUT2D eigenvalue weighted by molar-refractivity contribution is 5.66. The highest BCUT2D eigenvalue weighted by Crippen LogP contribution is 2.10. The first-order chi connectivity index (χ1) is 8.61. The van der Waals surface area contributed by atoms with Crippen LogP contribution in [0, 0.1) is 6.92 Å². The maximum atomic E-state index is 10.4. The zero-order valence-corrected chi connectivity index (χ0v) is 10.4. The third-order valence-electron chi connectivity index (χ3n) is 2.14. The van der Waals surface area contributed by atoms with Gasteiger partial charge in [-0.25, -0.2) is 9.97 Å². The van der Waals surface area contributed by atoms with Gasteiger partial charge in [0, 0.05) is 25.6 Å². The van der Waals surface area contributed by atoms with Gasteiger partial charge in [-0.1, -0.05) is 6.08 Å². The fourth-order valence-electron chi connectivity index (χ4n) is 1.38. The second-order valence-corrected chi connectivity index (χ2v) is 3.78. The normalized spacial score (nSPS) is 9.83. The Morgan fingerprint density at radius 3 is 2.72 bits per heavy atom. The van der Waals surface area contributed by atoms with Crippen molar-refractivity contribution in [2.75, 3.05) is 23.7 Å². The van der Waals surface area contributed by atoms with Gasteiger partial charge >= 0.3 is 5.97 Å². The van der Waals surface area contributed by atoms with Crippen LogP contribution >= 0.6 is 0 Å². The van der Waals surface area contributed by atoms with Crippen LogP contribution in [0.5, 0.6) is 0 Å². The number of carboxylic acid groups (broad SMARTS) is 1. The molecule has 0 amide bonds. The van der Waals surface area contributed by atoms with Gasteiger partial charge in [-0.3, -0.25) is 4.79 Å². The molecule has 0 radical (unpaired) electrons. The van der Waals surface area contributed by atoms with E-state index in [1.807, 2.05) is 6.92 Å². The van der Waals surface area contributed by atoms with Crippen LogP contribution in [-0.2, 0) is 4.79 Å². The van der Waals surface area contributed by atoms with Crippen LogP contribution in [0.25, 0.3) is 0 Å². The summed E-state index contributed by atoms with van der Waals surface area (Å²) in [7, 11) is 0. The molecule has 6 heteroatoms. The molecule has 0 atom stereocenters. The van der Waals surface area contributed by atoms with E-state index in [1.54, 1.807) is 12.1 Å². The maximum Gasteiger partial charge on any atom is 0.303 e. The Kier molecular flexibility index (Phi) is 5.63. The van der Waals surface area contributed by atoms with Gasteiger partial charge in [0.25, 0.3) is 0 Å². The largest absolute Gasteiger partial charge is 0.481 e. The highest BCUT2D eigenvalue weighted by Gasteiger charge is 2.01. The monoisotopic (exact) mass is 250 g/mol. The summed E-state index contributed by atoms with van der Waals surface area (Å²) in [6.07, 6.45) is 2.46. The first kappa shape index (κ1) is 14.0. The molecule has 0 aliphatic rings. The van der Waals surface area contributed by atoms with E-state index >= 15 is 0 Å². The molecule has 0 fully saturated rings. The van der Waals surface area contributed by atoms with Crippen LogP contribution in [-0.4, -0.2) is 34.1 Å². The van der Waals surface area contributed by atoms with E-state index in [1.165, 1.54) is 0 Å². The minimum Gasteiger partial charge on any atom is -0.481 e. The van der Waals surface area contributed by atoms with Crippen molar-refractivity contribution >= 4 is 17.6 Å². The maximum absolute atomic E-state index is 10.4. The van der Waals surface area contributed by atoms with Crippen LogP contribution in [0.2, 0.25) is 0 Å². The van der Waals surface area contributed by atoms with Crippen molar-refractivity contribution < 1.29 is 9.90 Å². The van der Waals surface area contributed by atoms with Gasteiger partial charge in [0.15, 0.2) is 0 Å². The number of hydrogen-bond donors (Lipinski definition) is 3. The second-order valence-electron chi connectivity index (χ2n) is 3.78. The zero-order chi connectivity index (χ0) is 13.4. The van der Waals surface area contributed by atoms with Gasteiger partial charge in [-0.2, -0.15) is 0 Å². The van der Waals surface area contributed by atoms with E-state index < -0.39 is 5.97 Å². The van der Waals surface area contributed by atoms with Gasteiger partial charge in [-0.15, -0.1) is 6.58 Å². The van der Waals surface area contributed by atoms with Crippen molar-refractivity contribution in [1.29, 1.82) is 0 Å². The van der Waals surface area contributed by atoms with Gasteiger partial charge in [0.1, 0.15) is 17.5 Å². The second kappa shape index (κ2) is 7.26. The molecule has 1 heterocycles. The molecule has 0 aliphatic carbocycles. The molecule has 1 rings (SSSR count). The predicted molar refractivity (Wildman–Crippen MR) is 70.8 cm³/mol. The summed E-state index contributed by atoms with van der Waals surface area (Å²) >= 11 is 0.